The average Bonchev–Trinajstić information content (AvgIpc) is 3.45. The van der Waals surface area contributed by atoms with Crippen LogP contribution in [0, 0.1) is 5.92 Å². The molecule has 8 heteroatoms. The topological polar surface area (TPSA) is 108 Å². The Morgan fingerprint density at radius 2 is 1.73 bits per heavy atom. The van der Waals surface area contributed by atoms with Crippen LogP contribution in [0.5, 0.6) is 0 Å². The lowest BCUT2D eigenvalue weighted by Gasteiger charge is -2.30. The molecule has 2 aliphatic heterocycles. The van der Waals surface area contributed by atoms with Crippen molar-refractivity contribution in [3.8, 4) is 0 Å². The van der Waals surface area contributed by atoms with E-state index in [9.17, 15) is 14.4 Å². The minimum atomic E-state index is -0.733. The Labute approximate surface area is 176 Å². The fourth-order valence-electron chi connectivity index (χ4n) is 5.08. The fraction of sp³-hybridized carbons (Fsp3) is 0.545. The van der Waals surface area contributed by atoms with E-state index in [1.54, 1.807) is 16.0 Å². The van der Waals surface area contributed by atoms with E-state index in [0.29, 0.717) is 31.8 Å². The zero-order valence-corrected chi connectivity index (χ0v) is 17.1. The molecule has 4 rings (SSSR count). The second-order valence-electron chi connectivity index (χ2n) is 8.49. The van der Waals surface area contributed by atoms with Crippen molar-refractivity contribution in [2.45, 2.75) is 57.0 Å². The van der Waals surface area contributed by atoms with E-state index in [0.717, 1.165) is 32.1 Å². The molecule has 3 N–H and O–H groups in total. The number of likely N-dealkylation sites (tertiary alicyclic amines) is 2. The summed E-state index contributed by atoms with van der Waals surface area (Å²) in [7, 11) is 0. The first-order chi connectivity index (χ1) is 14.5. The second-order valence-corrected chi connectivity index (χ2v) is 8.49. The number of fused-ring (bicyclic) bond motifs is 1. The monoisotopic (exact) mass is 411 g/mol. The molecule has 3 aliphatic rings. The molecule has 2 atom stereocenters. The van der Waals surface area contributed by atoms with Crippen molar-refractivity contribution in [1.82, 2.24) is 15.2 Å². The standard InChI is InChI=1S/C22H29N5O3/c23-22(30)25-24-14-18-7-3-9-26(18)21(29)19-8-4-10-27(19)20(28)13-15-11-16-5-1-2-6-17(16)12-15/h1-2,5-6,14-15,18-19H,3-4,7-13H2,(H3,23,25,30)/t18-,19-/m0/s1. The summed E-state index contributed by atoms with van der Waals surface area (Å²) in [6.07, 6.45) is 7.14. The van der Waals surface area contributed by atoms with Gasteiger partial charge >= 0.3 is 6.03 Å². The van der Waals surface area contributed by atoms with Crippen LogP contribution in [0.2, 0.25) is 0 Å². The summed E-state index contributed by atoms with van der Waals surface area (Å²) >= 11 is 0. The Bertz CT molecular complexity index is 830. The Balaban J connectivity index is 1.37. The molecule has 0 unspecified atom stereocenters. The van der Waals surface area contributed by atoms with Crippen LogP contribution in [0.15, 0.2) is 29.4 Å². The fourth-order valence-corrected chi connectivity index (χ4v) is 5.08. The van der Waals surface area contributed by atoms with Gasteiger partial charge in [0.25, 0.3) is 0 Å². The third kappa shape index (κ3) is 4.32. The van der Waals surface area contributed by atoms with Gasteiger partial charge in [-0.15, -0.1) is 0 Å². The van der Waals surface area contributed by atoms with Crippen LogP contribution in [-0.4, -0.2) is 59.0 Å². The third-order valence-electron chi connectivity index (χ3n) is 6.46. The minimum Gasteiger partial charge on any atom is -0.350 e. The van der Waals surface area contributed by atoms with E-state index in [1.165, 1.54) is 11.1 Å². The molecule has 1 aliphatic carbocycles. The maximum Gasteiger partial charge on any atom is 0.332 e. The second kappa shape index (κ2) is 8.85. The highest BCUT2D eigenvalue weighted by Gasteiger charge is 2.40. The number of primary amides is 1. The Hall–Kier alpha value is -2.90. The number of hydrogen-bond donors (Lipinski definition) is 2. The molecular formula is C22H29N5O3. The van der Waals surface area contributed by atoms with Crippen LogP contribution in [0.1, 0.15) is 43.2 Å². The van der Waals surface area contributed by atoms with Crippen molar-refractivity contribution >= 4 is 24.1 Å². The number of nitrogens with one attached hydrogen (secondary N) is 1. The van der Waals surface area contributed by atoms with Gasteiger partial charge in [-0.2, -0.15) is 5.10 Å². The molecular weight excluding hydrogens is 382 g/mol. The number of hydrazone groups is 1. The number of amides is 4. The lowest BCUT2D eigenvalue weighted by atomic mass is 10.0. The molecule has 0 saturated carbocycles. The predicted octanol–water partition coefficient (Wildman–Crippen LogP) is 1.43. The largest absolute Gasteiger partial charge is 0.350 e. The molecule has 0 spiro atoms. The number of benzene rings is 1. The Morgan fingerprint density at radius 3 is 2.43 bits per heavy atom. The Kier molecular flexibility index (Phi) is 6.01. The first-order valence-electron chi connectivity index (χ1n) is 10.8. The average molecular weight is 412 g/mol. The lowest BCUT2D eigenvalue weighted by Crippen LogP contribution is -2.50. The van der Waals surface area contributed by atoms with Gasteiger partial charge in [-0.1, -0.05) is 24.3 Å². The van der Waals surface area contributed by atoms with Gasteiger partial charge in [-0.3, -0.25) is 9.59 Å². The maximum atomic E-state index is 13.2. The van der Waals surface area contributed by atoms with Gasteiger partial charge in [0.05, 0.1) is 6.04 Å². The molecule has 8 nitrogen and oxygen atoms in total. The first-order valence-corrected chi connectivity index (χ1v) is 10.8. The van der Waals surface area contributed by atoms with E-state index in [1.807, 2.05) is 12.1 Å². The van der Waals surface area contributed by atoms with Crippen LogP contribution >= 0.6 is 0 Å². The molecule has 2 saturated heterocycles. The number of nitrogens with two attached hydrogens (primary N) is 1. The Morgan fingerprint density at radius 1 is 1.07 bits per heavy atom. The minimum absolute atomic E-state index is 0.0106. The number of rotatable bonds is 5. The highest BCUT2D eigenvalue weighted by molar-refractivity contribution is 5.90. The van der Waals surface area contributed by atoms with Gasteiger partial charge in [-0.25, -0.2) is 10.2 Å². The van der Waals surface area contributed by atoms with Gasteiger partial charge in [0.2, 0.25) is 11.8 Å². The van der Waals surface area contributed by atoms with Crippen LogP contribution in [0.25, 0.3) is 0 Å². The van der Waals surface area contributed by atoms with Crippen molar-refractivity contribution in [3.63, 3.8) is 0 Å². The van der Waals surface area contributed by atoms with Gasteiger partial charge in [0.15, 0.2) is 0 Å². The zero-order valence-electron chi connectivity index (χ0n) is 17.1. The first kappa shape index (κ1) is 20.4. The predicted molar refractivity (Wildman–Crippen MR) is 113 cm³/mol. The lowest BCUT2D eigenvalue weighted by molar-refractivity contribution is -0.144. The smallest absolute Gasteiger partial charge is 0.332 e. The van der Waals surface area contributed by atoms with Crippen molar-refractivity contribution in [3.05, 3.63) is 35.4 Å². The van der Waals surface area contributed by atoms with Gasteiger partial charge in [0.1, 0.15) is 6.04 Å². The molecule has 0 radical (unpaired) electrons. The number of carbonyl (C=O) groups is 3. The van der Waals surface area contributed by atoms with Crippen molar-refractivity contribution in [1.29, 1.82) is 0 Å². The SMILES string of the molecule is NC(=O)NN=C[C@@H]1CCCN1C(=O)[C@@H]1CCCN1C(=O)CC1Cc2ccccc2C1. The number of nitrogens with zero attached hydrogens (tertiary/aromatic N) is 3. The van der Waals surface area contributed by atoms with E-state index in [-0.39, 0.29) is 23.9 Å². The summed E-state index contributed by atoms with van der Waals surface area (Å²) in [5.41, 5.74) is 9.89. The number of hydrogen-bond acceptors (Lipinski definition) is 4. The summed E-state index contributed by atoms with van der Waals surface area (Å²) in [6.45, 7) is 1.29. The third-order valence-corrected chi connectivity index (χ3v) is 6.46. The van der Waals surface area contributed by atoms with E-state index in [4.69, 9.17) is 5.73 Å². The summed E-state index contributed by atoms with van der Waals surface area (Å²) in [4.78, 5) is 40.7. The molecule has 0 bridgehead atoms. The zero-order chi connectivity index (χ0) is 21.1. The molecule has 4 amide bonds. The van der Waals surface area contributed by atoms with Gasteiger partial charge in [0, 0.05) is 25.7 Å². The van der Waals surface area contributed by atoms with Crippen molar-refractivity contribution in [2.24, 2.45) is 16.8 Å². The summed E-state index contributed by atoms with van der Waals surface area (Å²) in [6, 6.07) is 7.09. The normalized spacial score (nSPS) is 23.9. The molecule has 30 heavy (non-hydrogen) atoms. The summed E-state index contributed by atoms with van der Waals surface area (Å²) < 4.78 is 0. The molecule has 1 aromatic carbocycles. The van der Waals surface area contributed by atoms with Crippen molar-refractivity contribution in [2.75, 3.05) is 13.1 Å². The van der Waals surface area contributed by atoms with E-state index < -0.39 is 6.03 Å². The van der Waals surface area contributed by atoms with Gasteiger partial charge < -0.3 is 15.5 Å². The van der Waals surface area contributed by atoms with Crippen LogP contribution in [0.3, 0.4) is 0 Å². The number of carbonyl (C=O) groups excluding carboxylic acids is 3. The highest BCUT2D eigenvalue weighted by atomic mass is 16.2. The number of urea groups is 1. The van der Waals surface area contributed by atoms with E-state index >= 15 is 0 Å². The maximum absolute atomic E-state index is 13.2. The van der Waals surface area contributed by atoms with Crippen molar-refractivity contribution < 1.29 is 14.4 Å². The molecule has 160 valence electrons. The molecule has 1 aromatic rings. The quantitative estimate of drug-likeness (QED) is 0.565. The van der Waals surface area contributed by atoms with Crippen LogP contribution in [0.4, 0.5) is 4.79 Å². The van der Waals surface area contributed by atoms with Crippen LogP contribution in [-0.2, 0) is 22.4 Å². The summed E-state index contributed by atoms with van der Waals surface area (Å²) in [5.74, 6) is 0.393. The summed E-state index contributed by atoms with van der Waals surface area (Å²) in [5, 5.41) is 3.83. The van der Waals surface area contributed by atoms with E-state index in [2.05, 4.69) is 22.7 Å². The molecule has 2 heterocycles. The molecule has 0 aromatic heterocycles. The van der Waals surface area contributed by atoms with Crippen LogP contribution < -0.4 is 11.2 Å². The highest BCUT2D eigenvalue weighted by Crippen LogP contribution is 2.31. The molecule has 2 fully saturated rings. The van der Waals surface area contributed by atoms with Gasteiger partial charge in [-0.05, 0) is 55.6 Å².